The molecule has 2 aromatic rings. The average molecular weight is 298 g/mol. The molecule has 1 amide bonds. The Morgan fingerprint density at radius 2 is 1.79 bits per heavy atom. The molecule has 19 heavy (non-hydrogen) atoms. The number of nitrogens with zero attached hydrogens (tertiary/aromatic N) is 1. The van der Waals surface area contributed by atoms with Gasteiger partial charge in [-0.05, 0) is 42.5 Å². The normalized spacial score (nSPS) is 10.1. The van der Waals surface area contributed by atoms with Gasteiger partial charge in [0.25, 0.3) is 0 Å². The molecule has 0 saturated carbocycles. The maximum absolute atomic E-state index is 10.4. The van der Waals surface area contributed by atoms with Crippen molar-refractivity contribution >= 4 is 35.3 Å². The van der Waals surface area contributed by atoms with Gasteiger partial charge < -0.3 is 4.74 Å². The molecular weight excluding hydrogens is 289 g/mol. The summed E-state index contributed by atoms with van der Waals surface area (Å²) in [6.45, 7) is 0. The Morgan fingerprint density at radius 1 is 1.11 bits per heavy atom. The zero-order chi connectivity index (χ0) is 13.8. The first-order valence-corrected chi connectivity index (χ1v) is 6.02. The van der Waals surface area contributed by atoms with Crippen LogP contribution in [0.15, 0.2) is 42.5 Å². The molecule has 0 bridgehead atoms. The Labute approximate surface area is 119 Å². The van der Waals surface area contributed by atoms with Crippen molar-refractivity contribution in [2.75, 3.05) is 5.06 Å². The summed E-state index contributed by atoms with van der Waals surface area (Å²) in [6, 6.07) is 11.2. The van der Waals surface area contributed by atoms with E-state index in [1.165, 1.54) is 12.1 Å². The number of halogens is 2. The molecule has 4 nitrogen and oxygen atoms in total. The van der Waals surface area contributed by atoms with E-state index in [2.05, 4.69) is 0 Å². The summed E-state index contributed by atoms with van der Waals surface area (Å²) < 4.78 is 5.55. The van der Waals surface area contributed by atoms with Gasteiger partial charge in [-0.2, -0.15) is 5.06 Å². The minimum atomic E-state index is 0.298. The molecule has 98 valence electrons. The van der Waals surface area contributed by atoms with Crippen LogP contribution in [0.25, 0.3) is 0 Å². The zero-order valence-corrected chi connectivity index (χ0v) is 11.1. The van der Waals surface area contributed by atoms with E-state index >= 15 is 0 Å². The molecule has 0 aliphatic rings. The first-order chi connectivity index (χ1) is 9.10. The number of anilines is 1. The largest absolute Gasteiger partial charge is 0.456 e. The van der Waals surface area contributed by atoms with Crippen molar-refractivity contribution in [3.05, 3.63) is 52.5 Å². The molecule has 0 aliphatic heterocycles. The molecule has 0 saturated heterocycles. The van der Waals surface area contributed by atoms with Crippen LogP contribution in [-0.4, -0.2) is 11.6 Å². The van der Waals surface area contributed by atoms with Crippen molar-refractivity contribution in [2.45, 2.75) is 0 Å². The summed E-state index contributed by atoms with van der Waals surface area (Å²) in [6.07, 6.45) is 0.298. The number of hydrogen-bond acceptors (Lipinski definition) is 3. The second-order valence-electron chi connectivity index (χ2n) is 3.62. The number of amides is 1. The smallest absolute Gasteiger partial charge is 0.237 e. The molecule has 0 heterocycles. The van der Waals surface area contributed by atoms with Crippen LogP contribution in [0.5, 0.6) is 11.5 Å². The fraction of sp³-hybridized carbons (Fsp3) is 0. The number of carbonyl (C=O) groups is 1. The van der Waals surface area contributed by atoms with Crippen molar-refractivity contribution in [1.29, 1.82) is 0 Å². The maximum atomic E-state index is 10.4. The summed E-state index contributed by atoms with van der Waals surface area (Å²) in [5.74, 6) is 0.988. The standard InChI is InChI=1S/C13H9Cl2NO3/c14-9-1-6-13(12(15)7-9)19-11-4-2-10(3-5-11)16(18)8-17/h1-8,18H. The summed E-state index contributed by atoms with van der Waals surface area (Å²) in [5.41, 5.74) is 0.338. The number of rotatable bonds is 4. The van der Waals surface area contributed by atoms with Gasteiger partial charge in [0.15, 0.2) is 0 Å². The number of ether oxygens (including phenoxy) is 1. The second kappa shape index (κ2) is 5.93. The first kappa shape index (κ1) is 13.7. The number of hydroxylamine groups is 1. The third-order valence-corrected chi connectivity index (χ3v) is 2.85. The zero-order valence-electron chi connectivity index (χ0n) is 9.59. The first-order valence-electron chi connectivity index (χ1n) is 5.26. The minimum Gasteiger partial charge on any atom is -0.456 e. The second-order valence-corrected chi connectivity index (χ2v) is 4.46. The lowest BCUT2D eigenvalue weighted by Gasteiger charge is -2.10. The highest BCUT2D eigenvalue weighted by atomic mass is 35.5. The Hall–Kier alpha value is -1.75. The van der Waals surface area contributed by atoms with Gasteiger partial charge in [0.2, 0.25) is 6.41 Å². The molecule has 0 radical (unpaired) electrons. The van der Waals surface area contributed by atoms with Gasteiger partial charge in [-0.15, -0.1) is 0 Å². The van der Waals surface area contributed by atoms with Crippen LogP contribution in [-0.2, 0) is 4.79 Å². The van der Waals surface area contributed by atoms with Gasteiger partial charge in [0.05, 0.1) is 10.7 Å². The minimum absolute atomic E-state index is 0.298. The number of carbonyl (C=O) groups excluding carboxylic acids is 1. The molecule has 2 rings (SSSR count). The van der Waals surface area contributed by atoms with E-state index in [9.17, 15) is 10.0 Å². The number of benzene rings is 2. The lowest BCUT2D eigenvalue weighted by molar-refractivity contribution is -0.111. The van der Waals surface area contributed by atoms with Crippen molar-refractivity contribution in [3.8, 4) is 11.5 Å². The fourth-order valence-electron chi connectivity index (χ4n) is 1.41. The van der Waals surface area contributed by atoms with E-state index in [4.69, 9.17) is 27.9 Å². The SMILES string of the molecule is O=CN(O)c1ccc(Oc2ccc(Cl)cc2Cl)cc1. The monoisotopic (exact) mass is 297 g/mol. The van der Waals surface area contributed by atoms with Crippen LogP contribution in [0.3, 0.4) is 0 Å². The molecule has 0 spiro atoms. The summed E-state index contributed by atoms with van der Waals surface area (Å²) in [7, 11) is 0. The third-order valence-electron chi connectivity index (χ3n) is 2.32. The van der Waals surface area contributed by atoms with Crippen LogP contribution in [0.2, 0.25) is 10.0 Å². The molecule has 1 N–H and O–H groups in total. The lowest BCUT2D eigenvalue weighted by Crippen LogP contribution is -2.14. The van der Waals surface area contributed by atoms with Gasteiger partial charge >= 0.3 is 0 Å². The molecule has 0 fully saturated rings. The van der Waals surface area contributed by atoms with E-state index in [1.807, 2.05) is 0 Å². The van der Waals surface area contributed by atoms with Gasteiger partial charge in [0, 0.05) is 5.02 Å². The Morgan fingerprint density at radius 3 is 2.37 bits per heavy atom. The van der Waals surface area contributed by atoms with E-state index in [-0.39, 0.29) is 0 Å². The maximum Gasteiger partial charge on any atom is 0.237 e. The van der Waals surface area contributed by atoms with Crippen LogP contribution in [0.4, 0.5) is 5.69 Å². The summed E-state index contributed by atoms with van der Waals surface area (Å²) >= 11 is 11.8. The van der Waals surface area contributed by atoms with Crippen LogP contribution in [0.1, 0.15) is 0 Å². The molecule has 0 unspecified atom stereocenters. The third kappa shape index (κ3) is 3.38. The quantitative estimate of drug-likeness (QED) is 0.524. The predicted molar refractivity (Wildman–Crippen MR) is 73.3 cm³/mol. The Kier molecular flexibility index (Phi) is 4.27. The van der Waals surface area contributed by atoms with Crippen LogP contribution in [0, 0.1) is 0 Å². The molecule has 0 aliphatic carbocycles. The summed E-state index contributed by atoms with van der Waals surface area (Å²) in [5, 5.41) is 10.6. The Balaban J connectivity index is 2.17. The molecule has 0 aromatic heterocycles. The average Bonchev–Trinajstić information content (AvgIpc) is 2.42. The van der Waals surface area contributed by atoms with Crippen LogP contribution >= 0.6 is 23.2 Å². The molecule has 2 aromatic carbocycles. The van der Waals surface area contributed by atoms with Crippen molar-refractivity contribution in [1.82, 2.24) is 0 Å². The van der Waals surface area contributed by atoms with E-state index < -0.39 is 0 Å². The highest BCUT2D eigenvalue weighted by Gasteiger charge is 2.05. The van der Waals surface area contributed by atoms with Crippen molar-refractivity contribution < 1.29 is 14.7 Å². The molecule has 0 atom stereocenters. The highest BCUT2D eigenvalue weighted by molar-refractivity contribution is 6.35. The van der Waals surface area contributed by atoms with E-state index in [0.29, 0.717) is 38.7 Å². The Bertz CT molecular complexity index is 587. The summed E-state index contributed by atoms with van der Waals surface area (Å²) in [4.78, 5) is 10.4. The van der Waals surface area contributed by atoms with Crippen LogP contribution < -0.4 is 9.80 Å². The topological polar surface area (TPSA) is 49.8 Å². The highest BCUT2D eigenvalue weighted by Crippen LogP contribution is 2.32. The van der Waals surface area contributed by atoms with Crippen molar-refractivity contribution in [3.63, 3.8) is 0 Å². The van der Waals surface area contributed by atoms with Gasteiger partial charge in [-0.3, -0.25) is 10.0 Å². The molecular formula is C13H9Cl2NO3. The van der Waals surface area contributed by atoms with Gasteiger partial charge in [0.1, 0.15) is 11.5 Å². The molecule has 6 heteroatoms. The number of hydrogen-bond donors (Lipinski definition) is 1. The fourth-order valence-corrected chi connectivity index (χ4v) is 1.86. The van der Waals surface area contributed by atoms with Gasteiger partial charge in [-0.25, -0.2) is 0 Å². The van der Waals surface area contributed by atoms with Gasteiger partial charge in [-0.1, -0.05) is 23.2 Å². The van der Waals surface area contributed by atoms with E-state index in [1.54, 1.807) is 30.3 Å². The van der Waals surface area contributed by atoms with Crippen molar-refractivity contribution in [2.24, 2.45) is 0 Å². The predicted octanol–water partition coefficient (Wildman–Crippen LogP) is 4.14. The lowest BCUT2D eigenvalue weighted by atomic mass is 10.3. The van der Waals surface area contributed by atoms with E-state index in [0.717, 1.165) is 0 Å².